The molecule has 4 nitrogen and oxygen atoms in total. The number of thiophene rings is 1. The van der Waals surface area contributed by atoms with E-state index >= 15 is 0 Å². The van der Waals surface area contributed by atoms with Crippen molar-refractivity contribution < 1.29 is 13.2 Å². The van der Waals surface area contributed by atoms with Crippen LogP contribution in [-0.2, 0) is 10.0 Å². The largest absolute Gasteiger partial charge is 0.289 e. The zero-order valence-electron chi connectivity index (χ0n) is 10.7. The first-order valence-corrected chi connectivity index (χ1v) is 8.20. The van der Waals surface area contributed by atoms with E-state index in [1.165, 1.54) is 30.3 Å². The Morgan fingerprint density at radius 1 is 1.20 bits per heavy atom. The first-order chi connectivity index (χ1) is 9.38. The van der Waals surface area contributed by atoms with E-state index in [1.54, 1.807) is 17.4 Å². The molecule has 0 aliphatic heterocycles. The number of aryl methyl sites for hydroxylation is 1. The Balaban J connectivity index is 2.18. The number of carbonyl (C=O) groups is 1. The Bertz CT molecular complexity index is 756. The average Bonchev–Trinajstić information content (AvgIpc) is 2.81. The number of hydrogen-bond acceptors (Lipinski definition) is 4. The first-order valence-electron chi connectivity index (χ1n) is 5.77. The van der Waals surface area contributed by atoms with Crippen LogP contribution in [0.15, 0.2) is 46.7 Å². The van der Waals surface area contributed by atoms with Gasteiger partial charge in [-0.2, -0.15) is 0 Å². The maximum Gasteiger partial charge on any atom is 0.238 e. The van der Waals surface area contributed by atoms with Crippen molar-refractivity contribution in [3.8, 4) is 0 Å². The van der Waals surface area contributed by atoms with Crippen LogP contribution in [0, 0.1) is 6.92 Å². The number of rotatable bonds is 4. The molecule has 2 aromatic rings. The lowest BCUT2D eigenvalue weighted by Gasteiger charge is -1.99. The minimum atomic E-state index is -3.73. The van der Waals surface area contributed by atoms with Gasteiger partial charge in [-0.25, -0.2) is 13.6 Å². The molecule has 0 spiro atoms. The Morgan fingerprint density at radius 2 is 1.85 bits per heavy atom. The van der Waals surface area contributed by atoms with E-state index in [2.05, 4.69) is 0 Å². The molecule has 20 heavy (non-hydrogen) atoms. The van der Waals surface area contributed by atoms with Crippen molar-refractivity contribution >= 4 is 33.2 Å². The van der Waals surface area contributed by atoms with Gasteiger partial charge in [0.2, 0.25) is 10.0 Å². The molecule has 6 heteroatoms. The number of hydrogen-bond donors (Lipinski definition) is 1. The Kier molecular flexibility index (Phi) is 4.17. The summed E-state index contributed by atoms with van der Waals surface area (Å²) in [6, 6.07) is 7.54. The molecular weight excluding hydrogens is 294 g/mol. The van der Waals surface area contributed by atoms with E-state index < -0.39 is 10.0 Å². The van der Waals surface area contributed by atoms with Gasteiger partial charge in [-0.05, 0) is 60.4 Å². The molecule has 1 aromatic carbocycles. The quantitative estimate of drug-likeness (QED) is 0.696. The standard InChI is InChI=1S/C14H13NO3S2/c1-10-8-9-19-14(10)7-6-13(16)11-2-4-12(5-3-11)20(15,17)18/h2-9H,1H3,(H2,15,17,18)/b7-6+. The van der Waals surface area contributed by atoms with Crippen molar-refractivity contribution in [1.29, 1.82) is 0 Å². The lowest BCUT2D eigenvalue weighted by Crippen LogP contribution is -2.12. The van der Waals surface area contributed by atoms with Crippen molar-refractivity contribution in [3.05, 3.63) is 57.8 Å². The zero-order chi connectivity index (χ0) is 14.8. The summed E-state index contributed by atoms with van der Waals surface area (Å²) in [4.78, 5) is 13.0. The third-order valence-electron chi connectivity index (χ3n) is 2.76. The van der Waals surface area contributed by atoms with Crippen LogP contribution in [-0.4, -0.2) is 14.2 Å². The second-order valence-corrected chi connectivity index (χ2v) is 6.74. The predicted octanol–water partition coefficient (Wildman–Crippen LogP) is 2.60. The van der Waals surface area contributed by atoms with Gasteiger partial charge in [0, 0.05) is 10.4 Å². The Morgan fingerprint density at radius 3 is 2.35 bits per heavy atom. The second kappa shape index (κ2) is 5.70. The van der Waals surface area contributed by atoms with Crippen LogP contribution in [0.3, 0.4) is 0 Å². The summed E-state index contributed by atoms with van der Waals surface area (Å²) in [7, 11) is -3.73. The minimum Gasteiger partial charge on any atom is -0.289 e. The van der Waals surface area contributed by atoms with Crippen molar-refractivity contribution in [2.45, 2.75) is 11.8 Å². The highest BCUT2D eigenvalue weighted by atomic mass is 32.2. The highest BCUT2D eigenvalue weighted by Crippen LogP contribution is 2.17. The number of ketones is 1. The molecular formula is C14H13NO3S2. The van der Waals surface area contributed by atoms with Gasteiger partial charge in [-0.3, -0.25) is 4.79 Å². The number of benzene rings is 1. The number of carbonyl (C=O) groups excluding carboxylic acids is 1. The van der Waals surface area contributed by atoms with Crippen LogP contribution >= 0.6 is 11.3 Å². The SMILES string of the molecule is Cc1ccsc1/C=C/C(=O)c1ccc(S(N)(=O)=O)cc1. The average molecular weight is 307 g/mol. The van der Waals surface area contributed by atoms with Gasteiger partial charge in [-0.1, -0.05) is 0 Å². The van der Waals surface area contributed by atoms with Gasteiger partial charge < -0.3 is 0 Å². The monoisotopic (exact) mass is 307 g/mol. The fourth-order valence-electron chi connectivity index (χ4n) is 1.61. The normalized spacial score (nSPS) is 11.9. The van der Waals surface area contributed by atoms with Gasteiger partial charge in [0.05, 0.1) is 4.90 Å². The Labute approximate surface area is 121 Å². The van der Waals surface area contributed by atoms with Crippen molar-refractivity contribution in [1.82, 2.24) is 0 Å². The van der Waals surface area contributed by atoms with E-state index in [0.29, 0.717) is 5.56 Å². The summed E-state index contributed by atoms with van der Waals surface area (Å²) in [5.74, 6) is -0.182. The predicted molar refractivity (Wildman–Crippen MR) is 80.2 cm³/mol. The molecule has 1 heterocycles. The molecule has 2 rings (SSSR count). The molecule has 0 aliphatic carbocycles. The number of nitrogens with two attached hydrogens (primary N) is 1. The maximum absolute atomic E-state index is 11.9. The topological polar surface area (TPSA) is 77.2 Å². The number of primary sulfonamides is 1. The molecule has 0 amide bonds. The van der Waals surface area contributed by atoms with Crippen molar-refractivity contribution in [2.75, 3.05) is 0 Å². The lowest BCUT2D eigenvalue weighted by molar-refractivity contribution is 0.104. The van der Waals surface area contributed by atoms with Crippen LogP contribution < -0.4 is 5.14 Å². The van der Waals surface area contributed by atoms with E-state index in [-0.39, 0.29) is 10.7 Å². The van der Waals surface area contributed by atoms with Crippen LogP contribution in [0.25, 0.3) is 6.08 Å². The van der Waals surface area contributed by atoms with Gasteiger partial charge >= 0.3 is 0 Å². The Hall–Kier alpha value is -1.76. The van der Waals surface area contributed by atoms with E-state index in [9.17, 15) is 13.2 Å². The fourth-order valence-corrected chi connectivity index (χ4v) is 2.95. The van der Waals surface area contributed by atoms with E-state index in [4.69, 9.17) is 5.14 Å². The van der Waals surface area contributed by atoms with E-state index in [1.807, 2.05) is 18.4 Å². The third-order valence-corrected chi connectivity index (χ3v) is 4.67. The van der Waals surface area contributed by atoms with Crippen LogP contribution in [0.4, 0.5) is 0 Å². The molecule has 0 radical (unpaired) electrons. The van der Waals surface area contributed by atoms with Crippen LogP contribution in [0.2, 0.25) is 0 Å². The van der Waals surface area contributed by atoms with Crippen LogP contribution in [0.1, 0.15) is 20.8 Å². The molecule has 0 unspecified atom stereocenters. The third kappa shape index (κ3) is 3.41. The molecule has 0 aliphatic rings. The molecule has 2 N–H and O–H groups in total. The van der Waals surface area contributed by atoms with E-state index in [0.717, 1.165) is 10.4 Å². The molecule has 0 atom stereocenters. The summed E-state index contributed by atoms with van der Waals surface area (Å²) >= 11 is 1.56. The molecule has 0 bridgehead atoms. The summed E-state index contributed by atoms with van der Waals surface area (Å²) in [6.07, 6.45) is 3.24. The molecule has 104 valence electrons. The zero-order valence-corrected chi connectivity index (χ0v) is 12.4. The number of sulfonamides is 1. The highest BCUT2D eigenvalue weighted by Gasteiger charge is 2.08. The molecule has 0 saturated heterocycles. The van der Waals surface area contributed by atoms with Crippen LogP contribution in [0.5, 0.6) is 0 Å². The summed E-state index contributed by atoms with van der Waals surface area (Å²) in [5, 5.41) is 6.96. The maximum atomic E-state index is 11.9. The minimum absolute atomic E-state index is 0.00729. The summed E-state index contributed by atoms with van der Waals surface area (Å²) in [6.45, 7) is 1.97. The first kappa shape index (κ1) is 14.6. The highest BCUT2D eigenvalue weighted by molar-refractivity contribution is 7.89. The molecule has 0 saturated carbocycles. The smallest absolute Gasteiger partial charge is 0.238 e. The number of allylic oxidation sites excluding steroid dienone is 1. The lowest BCUT2D eigenvalue weighted by atomic mass is 10.1. The van der Waals surface area contributed by atoms with Crippen molar-refractivity contribution in [3.63, 3.8) is 0 Å². The molecule has 0 fully saturated rings. The second-order valence-electron chi connectivity index (χ2n) is 4.23. The summed E-state index contributed by atoms with van der Waals surface area (Å²) in [5.41, 5.74) is 1.53. The fraction of sp³-hybridized carbons (Fsp3) is 0.0714. The summed E-state index contributed by atoms with van der Waals surface area (Å²) < 4.78 is 22.2. The van der Waals surface area contributed by atoms with Gasteiger partial charge in [0.1, 0.15) is 0 Å². The van der Waals surface area contributed by atoms with Gasteiger partial charge in [0.25, 0.3) is 0 Å². The van der Waals surface area contributed by atoms with Gasteiger partial charge in [-0.15, -0.1) is 11.3 Å². The van der Waals surface area contributed by atoms with Crippen molar-refractivity contribution in [2.24, 2.45) is 5.14 Å². The molecule has 1 aromatic heterocycles. The van der Waals surface area contributed by atoms with Gasteiger partial charge in [0.15, 0.2) is 5.78 Å².